The molecule has 7 heteroatoms. The Labute approximate surface area is 146 Å². The van der Waals surface area contributed by atoms with E-state index < -0.39 is 5.97 Å². The lowest BCUT2D eigenvalue weighted by Gasteiger charge is -2.22. The molecule has 1 aromatic heterocycles. The summed E-state index contributed by atoms with van der Waals surface area (Å²) in [6.07, 6.45) is 0. The van der Waals surface area contributed by atoms with Crippen molar-refractivity contribution < 1.29 is 9.53 Å². The predicted molar refractivity (Wildman–Crippen MR) is 97.4 cm³/mol. The van der Waals surface area contributed by atoms with Crippen LogP contribution in [0.4, 0.5) is 0 Å². The van der Waals surface area contributed by atoms with Gasteiger partial charge in [-0.25, -0.2) is 14.8 Å². The summed E-state index contributed by atoms with van der Waals surface area (Å²) in [5, 5.41) is 2.50. The Kier molecular flexibility index (Phi) is 5.92. The highest BCUT2D eigenvalue weighted by Gasteiger charge is 2.12. The fourth-order valence-electron chi connectivity index (χ4n) is 2.25. The van der Waals surface area contributed by atoms with Gasteiger partial charge in [-0.05, 0) is 11.6 Å². The molecule has 0 saturated carbocycles. The normalized spacial score (nSPS) is 10.2. The Morgan fingerprint density at radius 1 is 1.25 bits per heavy atom. The average molecular weight is 346 g/mol. The van der Waals surface area contributed by atoms with Gasteiger partial charge in [0.15, 0.2) is 11.7 Å². The second-order valence-corrected chi connectivity index (χ2v) is 6.49. The summed E-state index contributed by atoms with van der Waals surface area (Å²) in [4.78, 5) is 24.5. The van der Waals surface area contributed by atoms with Crippen molar-refractivity contribution in [1.82, 2.24) is 14.8 Å². The van der Waals surface area contributed by atoms with E-state index in [-0.39, 0.29) is 0 Å². The molecule has 128 valence electrons. The molecule has 0 saturated heterocycles. The number of aliphatic imine (C=N–C) groups is 1. The van der Waals surface area contributed by atoms with Gasteiger partial charge < -0.3 is 14.5 Å². The largest absolute Gasteiger partial charge is 0.464 e. The van der Waals surface area contributed by atoms with Crippen molar-refractivity contribution in [2.24, 2.45) is 4.99 Å². The van der Waals surface area contributed by atoms with E-state index in [1.807, 2.05) is 62.3 Å². The van der Waals surface area contributed by atoms with Crippen molar-refractivity contribution in [1.29, 1.82) is 0 Å². The van der Waals surface area contributed by atoms with Crippen LogP contribution in [-0.2, 0) is 11.3 Å². The molecule has 0 aliphatic carbocycles. The van der Waals surface area contributed by atoms with Crippen molar-refractivity contribution >= 4 is 23.3 Å². The smallest absolute Gasteiger partial charge is 0.357 e. The molecular weight excluding hydrogens is 324 g/mol. The molecule has 0 N–H and O–H groups in total. The summed E-state index contributed by atoms with van der Waals surface area (Å²) in [5.41, 5.74) is 2.39. The van der Waals surface area contributed by atoms with Crippen molar-refractivity contribution in [3.05, 3.63) is 40.9 Å². The Hall–Kier alpha value is -2.41. The van der Waals surface area contributed by atoms with Gasteiger partial charge in [-0.1, -0.05) is 18.2 Å². The first kappa shape index (κ1) is 17.9. The van der Waals surface area contributed by atoms with E-state index in [0.717, 1.165) is 22.1 Å². The van der Waals surface area contributed by atoms with Crippen LogP contribution in [-0.4, -0.2) is 62.0 Å². The highest BCUT2D eigenvalue weighted by atomic mass is 32.1. The van der Waals surface area contributed by atoms with Crippen LogP contribution in [0, 0.1) is 0 Å². The summed E-state index contributed by atoms with van der Waals surface area (Å²) in [6.45, 7) is 0.578. The molecule has 2 rings (SSSR count). The third kappa shape index (κ3) is 4.32. The monoisotopic (exact) mass is 346 g/mol. The molecule has 0 aliphatic heterocycles. The SMILES string of the molecule is COC(=O)c1csc(-c2cccc(CN=C(N(C)C)N(C)C)c2)n1. The maximum atomic E-state index is 11.5. The zero-order valence-corrected chi connectivity index (χ0v) is 15.4. The molecule has 0 amide bonds. The third-order valence-electron chi connectivity index (χ3n) is 3.28. The number of nitrogens with zero attached hydrogens (tertiary/aromatic N) is 4. The van der Waals surface area contributed by atoms with Gasteiger partial charge in [-0.15, -0.1) is 11.3 Å². The standard InChI is InChI=1S/C17H22N4O2S/c1-20(2)17(21(3)4)18-10-12-7-6-8-13(9-12)15-19-14(11-24-15)16(22)23-5/h6-9,11H,10H2,1-5H3. The molecule has 0 radical (unpaired) electrons. The van der Waals surface area contributed by atoms with Crippen molar-refractivity contribution in [3.63, 3.8) is 0 Å². The predicted octanol–water partition coefficient (Wildman–Crippen LogP) is 2.58. The van der Waals surface area contributed by atoms with Crippen LogP contribution in [0.3, 0.4) is 0 Å². The van der Waals surface area contributed by atoms with E-state index >= 15 is 0 Å². The number of guanidine groups is 1. The first-order valence-corrected chi connectivity index (χ1v) is 8.32. The second kappa shape index (κ2) is 7.92. The summed E-state index contributed by atoms with van der Waals surface area (Å²) in [6, 6.07) is 8.04. The van der Waals surface area contributed by atoms with Crippen molar-refractivity contribution in [3.8, 4) is 10.6 Å². The summed E-state index contributed by atoms with van der Waals surface area (Å²) in [5.74, 6) is 0.488. The van der Waals surface area contributed by atoms with Crippen LogP contribution in [0.5, 0.6) is 0 Å². The van der Waals surface area contributed by atoms with Gasteiger partial charge >= 0.3 is 5.97 Å². The Balaban J connectivity index is 2.21. The number of hydrogen-bond donors (Lipinski definition) is 0. The van der Waals surface area contributed by atoms with Gasteiger partial charge in [-0.2, -0.15) is 0 Å². The molecule has 0 bridgehead atoms. The fraction of sp³-hybridized carbons (Fsp3) is 0.353. The van der Waals surface area contributed by atoms with Gasteiger partial charge in [0.05, 0.1) is 13.7 Å². The molecule has 0 aliphatic rings. The number of carbonyl (C=O) groups is 1. The van der Waals surface area contributed by atoms with E-state index in [1.54, 1.807) is 5.38 Å². The number of thiazole rings is 1. The minimum atomic E-state index is -0.417. The quantitative estimate of drug-likeness (QED) is 0.484. The topological polar surface area (TPSA) is 58.0 Å². The van der Waals surface area contributed by atoms with E-state index in [4.69, 9.17) is 4.74 Å². The van der Waals surface area contributed by atoms with Crippen LogP contribution >= 0.6 is 11.3 Å². The number of methoxy groups -OCH3 is 1. The van der Waals surface area contributed by atoms with Gasteiger partial charge in [0.1, 0.15) is 5.01 Å². The Morgan fingerprint density at radius 2 is 1.96 bits per heavy atom. The molecule has 0 unspecified atom stereocenters. The molecular formula is C17H22N4O2S. The molecule has 2 aromatic rings. The van der Waals surface area contributed by atoms with Crippen LogP contribution in [0.25, 0.3) is 10.6 Å². The van der Waals surface area contributed by atoms with Crippen LogP contribution in [0.2, 0.25) is 0 Å². The minimum absolute atomic E-state index is 0.337. The highest BCUT2D eigenvalue weighted by molar-refractivity contribution is 7.13. The van der Waals surface area contributed by atoms with E-state index in [9.17, 15) is 4.79 Å². The Bertz CT molecular complexity index is 728. The number of rotatable bonds is 4. The lowest BCUT2D eigenvalue weighted by molar-refractivity contribution is 0.0595. The first-order chi connectivity index (χ1) is 11.4. The second-order valence-electron chi connectivity index (χ2n) is 5.63. The van der Waals surface area contributed by atoms with Crippen LogP contribution in [0.15, 0.2) is 34.6 Å². The van der Waals surface area contributed by atoms with Crippen molar-refractivity contribution in [2.45, 2.75) is 6.54 Å². The van der Waals surface area contributed by atoms with Gasteiger partial charge in [0.2, 0.25) is 0 Å². The lowest BCUT2D eigenvalue weighted by atomic mass is 10.1. The molecule has 0 atom stereocenters. The number of hydrogen-bond acceptors (Lipinski definition) is 5. The van der Waals surface area contributed by atoms with Gasteiger partial charge in [-0.3, -0.25) is 0 Å². The number of esters is 1. The molecule has 6 nitrogen and oxygen atoms in total. The average Bonchev–Trinajstić information content (AvgIpc) is 3.04. The number of benzene rings is 1. The van der Waals surface area contributed by atoms with E-state index in [0.29, 0.717) is 12.2 Å². The number of carbonyl (C=O) groups excluding carboxylic acids is 1. The summed E-state index contributed by atoms with van der Waals surface area (Å²) < 4.78 is 4.70. The molecule has 24 heavy (non-hydrogen) atoms. The van der Waals surface area contributed by atoms with Crippen molar-refractivity contribution in [2.75, 3.05) is 35.3 Å². The maximum Gasteiger partial charge on any atom is 0.357 e. The third-order valence-corrected chi connectivity index (χ3v) is 4.17. The fourth-order valence-corrected chi connectivity index (χ4v) is 3.04. The molecule has 0 spiro atoms. The summed E-state index contributed by atoms with van der Waals surface area (Å²) in [7, 11) is 9.24. The maximum absolute atomic E-state index is 11.5. The highest BCUT2D eigenvalue weighted by Crippen LogP contribution is 2.25. The van der Waals surface area contributed by atoms with Crippen LogP contribution in [0.1, 0.15) is 16.1 Å². The Morgan fingerprint density at radius 3 is 2.58 bits per heavy atom. The van der Waals surface area contributed by atoms with E-state index in [1.165, 1.54) is 18.4 Å². The minimum Gasteiger partial charge on any atom is -0.464 e. The van der Waals surface area contributed by atoms with E-state index in [2.05, 4.69) is 9.98 Å². The molecule has 0 fully saturated rings. The van der Waals surface area contributed by atoms with Gasteiger partial charge in [0.25, 0.3) is 0 Å². The zero-order chi connectivity index (χ0) is 17.7. The first-order valence-electron chi connectivity index (χ1n) is 7.44. The molecule has 1 aromatic carbocycles. The number of ether oxygens (including phenoxy) is 1. The summed E-state index contributed by atoms with van der Waals surface area (Å²) >= 11 is 1.43. The van der Waals surface area contributed by atoms with Gasteiger partial charge in [0, 0.05) is 39.1 Å². The lowest BCUT2D eigenvalue weighted by Crippen LogP contribution is -2.35. The number of aromatic nitrogens is 1. The van der Waals surface area contributed by atoms with Crippen LogP contribution < -0.4 is 0 Å². The zero-order valence-electron chi connectivity index (χ0n) is 14.6. The molecule has 1 heterocycles.